The Balaban J connectivity index is 1.27. The van der Waals surface area contributed by atoms with Crippen molar-refractivity contribution >= 4 is 0 Å². The molecule has 0 spiro atoms. The van der Waals surface area contributed by atoms with E-state index in [0.717, 1.165) is 18.8 Å². The van der Waals surface area contributed by atoms with Crippen LogP contribution in [0.25, 0.3) is 0 Å². The van der Waals surface area contributed by atoms with E-state index in [4.69, 9.17) is 9.47 Å². The average Bonchev–Trinajstić information content (AvgIpc) is 2.82. The molecule has 0 bridgehead atoms. The Hall–Kier alpha value is -1.53. The number of fused-ring (bicyclic) bond motifs is 1. The van der Waals surface area contributed by atoms with Gasteiger partial charge in [-0.2, -0.15) is 22.0 Å². The minimum absolute atomic E-state index is 0.00895. The molecule has 1 aliphatic heterocycles. The van der Waals surface area contributed by atoms with Crippen molar-refractivity contribution in [3.05, 3.63) is 23.8 Å². The summed E-state index contributed by atoms with van der Waals surface area (Å²) < 4.78 is 78.8. The molecule has 0 amide bonds. The fourth-order valence-corrected chi connectivity index (χ4v) is 6.27. The third-order valence-electron chi connectivity index (χ3n) is 8.37. The maximum absolute atomic E-state index is 15.0. The molecule has 34 heavy (non-hydrogen) atoms. The molecule has 3 aliphatic rings. The second-order valence-electron chi connectivity index (χ2n) is 10.7. The normalized spacial score (nSPS) is 30.4. The number of hydrogen-bond donors (Lipinski definition) is 0. The van der Waals surface area contributed by atoms with Crippen LogP contribution in [0.1, 0.15) is 89.5 Å². The molecule has 1 atom stereocenters. The smallest absolute Gasteiger partial charge is 0.425 e. The lowest BCUT2D eigenvalue weighted by Gasteiger charge is -2.39. The van der Waals surface area contributed by atoms with Crippen molar-refractivity contribution in [3.63, 3.8) is 0 Å². The van der Waals surface area contributed by atoms with Gasteiger partial charge >= 0.3 is 12.3 Å². The van der Waals surface area contributed by atoms with E-state index in [1.54, 1.807) is 0 Å². The molecule has 0 aromatic heterocycles. The third kappa shape index (κ3) is 6.17. The van der Waals surface area contributed by atoms with E-state index in [0.29, 0.717) is 30.2 Å². The number of unbranched alkanes of at least 4 members (excludes halogenated alkanes) is 1. The minimum Gasteiger partial charge on any atom is -0.481 e. The number of aryl methyl sites for hydroxylation is 1. The highest BCUT2D eigenvalue weighted by Gasteiger charge is 2.46. The highest BCUT2D eigenvalue weighted by molar-refractivity contribution is 5.42. The van der Waals surface area contributed by atoms with Crippen LogP contribution < -0.4 is 9.47 Å². The van der Waals surface area contributed by atoms with Gasteiger partial charge in [-0.05, 0) is 92.9 Å². The molecule has 1 aromatic carbocycles. The monoisotopic (exact) mass is 488 g/mol. The van der Waals surface area contributed by atoms with Crippen molar-refractivity contribution in [3.8, 4) is 11.5 Å². The summed E-state index contributed by atoms with van der Waals surface area (Å²) >= 11 is 0. The number of halogens is 5. The van der Waals surface area contributed by atoms with Crippen LogP contribution in [0.2, 0.25) is 0 Å². The van der Waals surface area contributed by atoms with E-state index >= 15 is 0 Å². The van der Waals surface area contributed by atoms with Gasteiger partial charge in [0.25, 0.3) is 0 Å². The molecule has 0 N–H and O–H groups in total. The Kier molecular flexibility index (Phi) is 7.98. The van der Waals surface area contributed by atoms with Crippen molar-refractivity contribution < 1.29 is 31.4 Å². The topological polar surface area (TPSA) is 18.5 Å². The van der Waals surface area contributed by atoms with Crippen LogP contribution in [0.5, 0.6) is 11.5 Å². The molecule has 7 heteroatoms. The van der Waals surface area contributed by atoms with Crippen LogP contribution in [-0.4, -0.2) is 18.4 Å². The quantitative estimate of drug-likeness (QED) is 0.357. The molecule has 192 valence electrons. The van der Waals surface area contributed by atoms with Crippen LogP contribution in [0.3, 0.4) is 0 Å². The predicted octanol–water partition coefficient (Wildman–Crippen LogP) is 8.72. The number of rotatable bonds is 7. The van der Waals surface area contributed by atoms with Gasteiger partial charge in [0.05, 0.1) is 5.92 Å². The Morgan fingerprint density at radius 2 is 1.53 bits per heavy atom. The highest BCUT2D eigenvalue weighted by atomic mass is 19.4. The van der Waals surface area contributed by atoms with Gasteiger partial charge in [-0.1, -0.05) is 39.0 Å². The standard InChI is InChI=1S/C27H37F5O2/c1-2-3-4-18-5-7-19(8-6-18)20-9-12-22(13-10-20)27(31,32)34-23-14-15-24-21(17-23)11-16-25(33-24)26(28,29)30/h14-15,17-20,22,25H,2-13,16H2,1H3. The lowest BCUT2D eigenvalue weighted by atomic mass is 9.68. The fraction of sp³-hybridized carbons (Fsp3) is 0.778. The van der Waals surface area contributed by atoms with E-state index in [-0.39, 0.29) is 24.3 Å². The Bertz CT molecular complexity index is 793. The molecular weight excluding hydrogens is 451 g/mol. The summed E-state index contributed by atoms with van der Waals surface area (Å²) in [7, 11) is 0. The van der Waals surface area contributed by atoms with Crippen LogP contribution in [0.4, 0.5) is 22.0 Å². The second-order valence-corrected chi connectivity index (χ2v) is 10.7. The van der Waals surface area contributed by atoms with Crippen molar-refractivity contribution in [2.24, 2.45) is 23.7 Å². The average molecular weight is 489 g/mol. The van der Waals surface area contributed by atoms with Gasteiger partial charge in [-0.3, -0.25) is 0 Å². The summed E-state index contributed by atoms with van der Waals surface area (Å²) in [5.41, 5.74) is 0.479. The van der Waals surface area contributed by atoms with Crippen molar-refractivity contribution in [2.45, 2.75) is 109 Å². The molecular formula is C27H37F5O2. The van der Waals surface area contributed by atoms with Gasteiger partial charge in [0.1, 0.15) is 11.5 Å². The Morgan fingerprint density at radius 1 is 0.882 bits per heavy atom. The summed E-state index contributed by atoms with van der Waals surface area (Å²) in [6, 6.07) is 4.00. The van der Waals surface area contributed by atoms with Gasteiger partial charge in [-0.15, -0.1) is 0 Å². The summed E-state index contributed by atoms with van der Waals surface area (Å²) in [5.74, 6) is 1.33. The number of alkyl halides is 5. The van der Waals surface area contributed by atoms with Gasteiger partial charge in [0, 0.05) is 0 Å². The highest BCUT2D eigenvalue weighted by Crippen LogP contribution is 2.46. The lowest BCUT2D eigenvalue weighted by molar-refractivity contribution is -0.224. The van der Waals surface area contributed by atoms with Crippen molar-refractivity contribution in [2.75, 3.05) is 0 Å². The SMILES string of the molecule is CCCCC1CCC(C2CCC(C(F)(F)Oc3ccc4c(c3)CCC(C(F)(F)F)O4)CC2)CC1. The van der Waals surface area contributed by atoms with Crippen molar-refractivity contribution in [1.29, 1.82) is 0 Å². The molecule has 1 aromatic rings. The first kappa shape index (κ1) is 25.6. The second kappa shape index (κ2) is 10.6. The maximum atomic E-state index is 15.0. The zero-order valence-corrected chi connectivity index (χ0v) is 20.0. The minimum atomic E-state index is -4.44. The van der Waals surface area contributed by atoms with Crippen LogP contribution in [0, 0.1) is 23.7 Å². The summed E-state index contributed by atoms with van der Waals surface area (Å²) in [4.78, 5) is 0. The molecule has 2 aliphatic carbocycles. The van der Waals surface area contributed by atoms with Crippen LogP contribution in [0.15, 0.2) is 18.2 Å². The van der Waals surface area contributed by atoms with Gasteiger partial charge in [0.15, 0.2) is 6.10 Å². The molecule has 1 heterocycles. The number of ether oxygens (including phenoxy) is 2. The summed E-state index contributed by atoms with van der Waals surface area (Å²) in [5, 5.41) is 0. The lowest BCUT2D eigenvalue weighted by Crippen LogP contribution is -2.38. The van der Waals surface area contributed by atoms with E-state index < -0.39 is 24.3 Å². The van der Waals surface area contributed by atoms with Crippen LogP contribution >= 0.6 is 0 Å². The van der Waals surface area contributed by atoms with E-state index in [2.05, 4.69) is 6.92 Å². The van der Waals surface area contributed by atoms with Gasteiger partial charge in [-0.25, -0.2) is 0 Å². The van der Waals surface area contributed by atoms with Gasteiger partial charge in [0.2, 0.25) is 0 Å². The molecule has 4 rings (SSSR count). The zero-order valence-electron chi connectivity index (χ0n) is 20.0. The first-order valence-electron chi connectivity index (χ1n) is 13.1. The third-order valence-corrected chi connectivity index (χ3v) is 8.37. The van der Waals surface area contributed by atoms with E-state index in [1.165, 1.54) is 63.1 Å². The van der Waals surface area contributed by atoms with E-state index in [1.807, 2.05) is 0 Å². The molecule has 2 saturated carbocycles. The molecule has 1 unspecified atom stereocenters. The molecule has 2 nitrogen and oxygen atoms in total. The Morgan fingerprint density at radius 3 is 2.15 bits per heavy atom. The fourth-order valence-electron chi connectivity index (χ4n) is 6.27. The van der Waals surface area contributed by atoms with Crippen molar-refractivity contribution in [1.82, 2.24) is 0 Å². The first-order valence-corrected chi connectivity index (χ1v) is 13.1. The molecule has 0 saturated heterocycles. The predicted molar refractivity (Wildman–Crippen MR) is 121 cm³/mol. The largest absolute Gasteiger partial charge is 0.481 e. The zero-order chi connectivity index (χ0) is 24.3. The van der Waals surface area contributed by atoms with Gasteiger partial charge < -0.3 is 9.47 Å². The summed E-state index contributed by atoms with van der Waals surface area (Å²) in [6.07, 6.45) is 1.81. The Labute approximate surface area is 199 Å². The van der Waals surface area contributed by atoms with Crippen LogP contribution in [-0.2, 0) is 6.42 Å². The number of benzene rings is 1. The molecule has 2 fully saturated rings. The molecule has 0 radical (unpaired) electrons. The maximum Gasteiger partial charge on any atom is 0.425 e. The van der Waals surface area contributed by atoms with E-state index in [9.17, 15) is 22.0 Å². The first-order chi connectivity index (χ1) is 16.2. The number of hydrogen-bond acceptors (Lipinski definition) is 2. The summed E-state index contributed by atoms with van der Waals surface area (Å²) in [6.45, 7) is 2.23.